The highest BCUT2D eigenvalue weighted by molar-refractivity contribution is 5.91. The number of benzene rings is 2. The van der Waals surface area contributed by atoms with E-state index in [1.165, 1.54) is 5.56 Å². The SMILES string of the molecule is CCC(C)c1ccc(OCC(=O)Nc2ccc(CC(=O)NO)cc2)cc1. The van der Waals surface area contributed by atoms with Crippen molar-refractivity contribution in [1.29, 1.82) is 0 Å². The fourth-order valence-corrected chi connectivity index (χ4v) is 2.41. The summed E-state index contributed by atoms with van der Waals surface area (Å²) in [6.45, 7) is 4.23. The molecule has 1 unspecified atom stereocenters. The van der Waals surface area contributed by atoms with E-state index in [1.54, 1.807) is 29.7 Å². The first-order valence-electron chi connectivity index (χ1n) is 8.56. The molecular formula is C20H24N2O4. The number of rotatable bonds is 8. The minimum Gasteiger partial charge on any atom is -0.484 e. The monoisotopic (exact) mass is 356 g/mol. The molecule has 0 aliphatic carbocycles. The molecule has 0 aliphatic heterocycles. The minimum absolute atomic E-state index is 0.0699. The van der Waals surface area contributed by atoms with Gasteiger partial charge in [0.05, 0.1) is 6.42 Å². The normalized spacial score (nSPS) is 11.5. The molecule has 6 heteroatoms. The smallest absolute Gasteiger partial charge is 0.262 e. The Kier molecular flexibility index (Phi) is 7.17. The Balaban J connectivity index is 1.82. The third-order valence-electron chi connectivity index (χ3n) is 4.16. The number of hydrogen-bond acceptors (Lipinski definition) is 4. The van der Waals surface area contributed by atoms with Crippen LogP contribution < -0.4 is 15.5 Å². The maximum atomic E-state index is 12.0. The molecule has 0 saturated carbocycles. The quantitative estimate of drug-likeness (QED) is 0.500. The summed E-state index contributed by atoms with van der Waals surface area (Å²) in [6.07, 6.45) is 1.15. The molecule has 26 heavy (non-hydrogen) atoms. The molecule has 3 N–H and O–H groups in total. The van der Waals surface area contributed by atoms with Crippen molar-refractivity contribution in [3.8, 4) is 5.75 Å². The van der Waals surface area contributed by atoms with E-state index in [0.717, 1.165) is 12.0 Å². The van der Waals surface area contributed by atoms with Gasteiger partial charge in [-0.15, -0.1) is 0 Å². The van der Waals surface area contributed by atoms with E-state index in [2.05, 4.69) is 19.2 Å². The molecule has 0 spiro atoms. The minimum atomic E-state index is -0.491. The summed E-state index contributed by atoms with van der Waals surface area (Å²) in [6, 6.07) is 14.6. The van der Waals surface area contributed by atoms with Crippen molar-refractivity contribution in [2.24, 2.45) is 0 Å². The molecule has 6 nitrogen and oxygen atoms in total. The molecule has 0 heterocycles. The van der Waals surface area contributed by atoms with Crippen molar-refractivity contribution in [2.75, 3.05) is 11.9 Å². The van der Waals surface area contributed by atoms with Crippen LogP contribution in [0.3, 0.4) is 0 Å². The molecule has 0 aliphatic rings. The molecular weight excluding hydrogens is 332 g/mol. The topological polar surface area (TPSA) is 87.7 Å². The number of hydrogen-bond donors (Lipinski definition) is 3. The van der Waals surface area contributed by atoms with Crippen molar-refractivity contribution in [3.63, 3.8) is 0 Å². The number of carbonyl (C=O) groups excluding carboxylic acids is 2. The molecule has 1 atom stereocenters. The van der Waals surface area contributed by atoms with Gasteiger partial charge in [-0.05, 0) is 47.7 Å². The van der Waals surface area contributed by atoms with E-state index >= 15 is 0 Å². The maximum absolute atomic E-state index is 12.0. The van der Waals surface area contributed by atoms with Crippen LogP contribution in [0.15, 0.2) is 48.5 Å². The predicted molar refractivity (Wildman–Crippen MR) is 99.3 cm³/mol. The highest BCUT2D eigenvalue weighted by Gasteiger charge is 2.07. The Morgan fingerprint density at radius 1 is 1.04 bits per heavy atom. The Labute approximate surface area is 153 Å². The van der Waals surface area contributed by atoms with Gasteiger partial charge in [-0.25, -0.2) is 5.48 Å². The van der Waals surface area contributed by atoms with Gasteiger partial charge in [-0.2, -0.15) is 0 Å². The highest BCUT2D eigenvalue weighted by Crippen LogP contribution is 2.21. The lowest BCUT2D eigenvalue weighted by Gasteiger charge is -2.11. The van der Waals surface area contributed by atoms with Crippen LogP contribution in [-0.2, 0) is 16.0 Å². The van der Waals surface area contributed by atoms with E-state index in [4.69, 9.17) is 9.94 Å². The first-order chi connectivity index (χ1) is 12.5. The maximum Gasteiger partial charge on any atom is 0.262 e. The molecule has 138 valence electrons. The molecule has 2 aromatic carbocycles. The Morgan fingerprint density at radius 2 is 1.69 bits per heavy atom. The molecule has 0 aromatic heterocycles. The summed E-state index contributed by atoms with van der Waals surface area (Å²) in [5, 5.41) is 11.2. The van der Waals surface area contributed by atoms with Gasteiger partial charge in [0, 0.05) is 5.69 Å². The second kappa shape index (κ2) is 9.58. The number of anilines is 1. The van der Waals surface area contributed by atoms with Crippen LogP contribution in [0.1, 0.15) is 37.3 Å². The Morgan fingerprint density at radius 3 is 2.27 bits per heavy atom. The molecule has 2 rings (SSSR count). The molecule has 0 saturated heterocycles. The summed E-state index contributed by atoms with van der Waals surface area (Å²) in [5.74, 6) is 0.391. The van der Waals surface area contributed by atoms with Crippen LogP contribution in [0.5, 0.6) is 5.75 Å². The summed E-state index contributed by atoms with van der Waals surface area (Å²) >= 11 is 0. The zero-order chi connectivity index (χ0) is 18.9. The lowest BCUT2D eigenvalue weighted by molar-refractivity contribution is -0.128. The number of nitrogens with one attached hydrogen (secondary N) is 2. The fourth-order valence-electron chi connectivity index (χ4n) is 2.41. The van der Waals surface area contributed by atoms with Crippen LogP contribution in [0.4, 0.5) is 5.69 Å². The second-order valence-electron chi connectivity index (χ2n) is 6.12. The van der Waals surface area contributed by atoms with Gasteiger partial charge < -0.3 is 10.1 Å². The number of carbonyl (C=O) groups is 2. The van der Waals surface area contributed by atoms with E-state index in [9.17, 15) is 9.59 Å². The molecule has 0 bridgehead atoms. The average molecular weight is 356 g/mol. The van der Waals surface area contributed by atoms with Crippen molar-refractivity contribution in [3.05, 3.63) is 59.7 Å². The number of hydroxylamine groups is 1. The largest absolute Gasteiger partial charge is 0.484 e. The van der Waals surface area contributed by atoms with E-state index in [-0.39, 0.29) is 18.9 Å². The van der Waals surface area contributed by atoms with Crippen molar-refractivity contribution < 1.29 is 19.5 Å². The standard InChI is InChI=1S/C20H24N2O4/c1-3-14(2)16-6-10-18(11-7-16)26-13-20(24)21-17-8-4-15(5-9-17)12-19(23)22-25/h4-11,14,25H,3,12-13H2,1-2H3,(H,21,24)(H,22,23). The van der Waals surface area contributed by atoms with E-state index < -0.39 is 5.91 Å². The van der Waals surface area contributed by atoms with Crippen LogP contribution in [0, 0.1) is 0 Å². The first kappa shape index (κ1) is 19.5. The van der Waals surface area contributed by atoms with Gasteiger partial charge >= 0.3 is 0 Å². The van der Waals surface area contributed by atoms with Gasteiger partial charge in [0.25, 0.3) is 5.91 Å². The third-order valence-corrected chi connectivity index (χ3v) is 4.16. The summed E-state index contributed by atoms with van der Waals surface area (Å²) in [4.78, 5) is 23.1. The van der Waals surface area contributed by atoms with Crippen LogP contribution in [0.2, 0.25) is 0 Å². The number of ether oxygens (including phenoxy) is 1. The molecule has 2 amide bonds. The first-order valence-corrected chi connectivity index (χ1v) is 8.56. The lowest BCUT2D eigenvalue weighted by atomic mass is 9.99. The Hall–Kier alpha value is -2.86. The molecule has 2 aromatic rings. The summed E-state index contributed by atoms with van der Waals surface area (Å²) in [7, 11) is 0. The van der Waals surface area contributed by atoms with Gasteiger partial charge in [0.2, 0.25) is 5.91 Å². The van der Waals surface area contributed by atoms with Crippen molar-refractivity contribution in [2.45, 2.75) is 32.6 Å². The average Bonchev–Trinajstić information content (AvgIpc) is 2.67. The zero-order valence-corrected chi connectivity index (χ0v) is 15.0. The fraction of sp³-hybridized carbons (Fsp3) is 0.300. The Bertz CT molecular complexity index is 726. The lowest BCUT2D eigenvalue weighted by Crippen LogP contribution is -2.21. The number of amides is 2. The van der Waals surface area contributed by atoms with Crippen LogP contribution in [0.25, 0.3) is 0 Å². The third kappa shape index (κ3) is 5.89. The highest BCUT2D eigenvalue weighted by atomic mass is 16.5. The van der Waals surface area contributed by atoms with E-state index in [1.807, 2.05) is 24.3 Å². The van der Waals surface area contributed by atoms with Crippen molar-refractivity contribution >= 4 is 17.5 Å². The molecule has 0 fully saturated rings. The van der Waals surface area contributed by atoms with Crippen LogP contribution >= 0.6 is 0 Å². The van der Waals surface area contributed by atoms with E-state index in [0.29, 0.717) is 17.4 Å². The summed E-state index contributed by atoms with van der Waals surface area (Å²) < 4.78 is 5.51. The van der Waals surface area contributed by atoms with Crippen LogP contribution in [-0.4, -0.2) is 23.6 Å². The zero-order valence-electron chi connectivity index (χ0n) is 15.0. The predicted octanol–water partition coefficient (Wildman–Crippen LogP) is 3.27. The second-order valence-corrected chi connectivity index (χ2v) is 6.12. The van der Waals surface area contributed by atoms with Gasteiger partial charge in [-0.1, -0.05) is 38.1 Å². The van der Waals surface area contributed by atoms with Gasteiger partial charge in [-0.3, -0.25) is 14.8 Å². The van der Waals surface area contributed by atoms with Crippen molar-refractivity contribution in [1.82, 2.24) is 5.48 Å². The van der Waals surface area contributed by atoms with Gasteiger partial charge in [0.15, 0.2) is 6.61 Å². The summed E-state index contributed by atoms with van der Waals surface area (Å²) in [5.41, 5.74) is 4.17. The molecule has 0 radical (unpaired) electrons. The van der Waals surface area contributed by atoms with Gasteiger partial charge in [0.1, 0.15) is 5.75 Å².